The molecule has 2 aliphatic heterocycles. The van der Waals surface area contributed by atoms with E-state index in [2.05, 4.69) is 5.32 Å². The zero-order chi connectivity index (χ0) is 8.98. The summed E-state index contributed by atoms with van der Waals surface area (Å²) in [5.41, 5.74) is 5.27. The van der Waals surface area contributed by atoms with Gasteiger partial charge in [-0.25, -0.2) is 8.42 Å². The van der Waals surface area contributed by atoms with Gasteiger partial charge in [-0.3, -0.25) is 5.32 Å². The Bertz CT molecular complexity index is 303. The minimum atomic E-state index is -2.83. The Morgan fingerprint density at radius 2 is 2.33 bits per heavy atom. The number of sulfone groups is 1. The third kappa shape index (κ3) is 1.26. The highest BCUT2D eigenvalue weighted by molar-refractivity contribution is 8.02. The number of hydrogen-bond donors (Lipinski definition) is 2. The lowest BCUT2D eigenvalue weighted by Gasteiger charge is -2.20. The van der Waals surface area contributed by atoms with Crippen LogP contribution in [0.4, 0.5) is 0 Å². The number of nitrogens with two attached hydrogens (primary N) is 1. The van der Waals surface area contributed by atoms with E-state index >= 15 is 0 Å². The summed E-state index contributed by atoms with van der Waals surface area (Å²) in [6.07, 6.45) is 0. The highest BCUT2D eigenvalue weighted by atomic mass is 32.2. The number of fused-ring (bicyclic) bond motifs is 1. The lowest BCUT2D eigenvalue weighted by Crippen LogP contribution is -2.48. The number of thioether (sulfide) groups is 1. The Morgan fingerprint density at radius 3 is 2.92 bits per heavy atom. The average molecular weight is 208 g/mol. The van der Waals surface area contributed by atoms with Gasteiger partial charge in [-0.1, -0.05) is 0 Å². The van der Waals surface area contributed by atoms with Crippen molar-refractivity contribution in [2.45, 2.75) is 23.2 Å². The molecule has 0 bridgehead atoms. The maximum Gasteiger partial charge on any atom is 0.153 e. The first-order valence-corrected chi connectivity index (χ1v) is 6.57. The third-order valence-electron chi connectivity index (χ3n) is 2.42. The first kappa shape index (κ1) is 8.80. The van der Waals surface area contributed by atoms with Crippen LogP contribution in [-0.2, 0) is 9.84 Å². The van der Waals surface area contributed by atoms with Gasteiger partial charge in [-0.05, 0) is 6.92 Å². The second-order valence-electron chi connectivity index (χ2n) is 3.66. The van der Waals surface area contributed by atoms with E-state index < -0.39 is 9.84 Å². The molecule has 4 nitrogen and oxygen atoms in total. The van der Waals surface area contributed by atoms with Crippen molar-refractivity contribution < 1.29 is 8.42 Å². The van der Waals surface area contributed by atoms with Crippen molar-refractivity contribution in [3.05, 3.63) is 0 Å². The Kier molecular flexibility index (Phi) is 1.74. The van der Waals surface area contributed by atoms with Crippen LogP contribution in [0.15, 0.2) is 0 Å². The summed E-state index contributed by atoms with van der Waals surface area (Å²) in [5, 5.41) is 3.25. The van der Waals surface area contributed by atoms with Gasteiger partial charge in [0.05, 0.1) is 11.5 Å². The lowest BCUT2D eigenvalue weighted by atomic mass is 10.0. The number of hydrogen-bond acceptors (Lipinski definition) is 5. The van der Waals surface area contributed by atoms with E-state index in [9.17, 15) is 8.42 Å². The molecule has 0 aromatic carbocycles. The van der Waals surface area contributed by atoms with Crippen molar-refractivity contribution >= 4 is 21.6 Å². The van der Waals surface area contributed by atoms with Crippen molar-refractivity contribution in [1.82, 2.24) is 5.32 Å². The Labute approximate surface area is 76.2 Å². The molecule has 3 N–H and O–H groups in total. The van der Waals surface area contributed by atoms with Crippen molar-refractivity contribution in [3.8, 4) is 0 Å². The SMILES string of the molecule is C[C@@]12CS(=O)(=O)C[C@@H]1SC(N)N2. The Morgan fingerprint density at radius 1 is 1.67 bits per heavy atom. The van der Waals surface area contributed by atoms with Crippen molar-refractivity contribution in [2.75, 3.05) is 11.5 Å². The minimum Gasteiger partial charge on any atom is -0.307 e. The van der Waals surface area contributed by atoms with E-state index in [1.807, 2.05) is 6.92 Å². The van der Waals surface area contributed by atoms with E-state index in [1.165, 1.54) is 11.8 Å². The molecule has 12 heavy (non-hydrogen) atoms. The fraction of sp³-hybridized carbons (Fsp3) is 1.00. The first-order valence-electron chi connectivity index (χ1n) is 3.80. The summed E-state index contributed by atoms with van der Waals surface area (Å²) in [6, 6.07) is 0. The molecule has 0 aromatic heterocycles. The zero-order valence-corrected chi connectivity index (χ0v) is 8.41. The zero-order valence-electron chi connectivity index (χ0n) is 6.78. The minimum absolute atomic E-state index is 0.101. The first-order chi connectivity index (χ1) is 5.41. The van der Waals surface area contributed by atoms with Crippen LogP contribution in [0.1, 0.15) is 6.92 Å². The quantitative estimate of drug-likeness (QED) is 0.541. The van der Waals surface area contributed by atoms with Crippen LogP contribution in [0.25, 0.3) is 0 Å². The van der Waals surface area contributed by atoms with Crippen LogP contribution in [0, 0.1) is 0 Å². The molecule has 0 aliphatic carbocycles. The van der Waals surface area contributed by atoms with Crippen LogP contribution >= 0.6 is 11.8 Å². The average Bonchev–Trinajstić information content (AvgIpc) is 2.11. The molecule has 0 saturated carbocycles. The fourth-order valence-electron chi connectivity index (χ4n) is 1.88. The van der Waals surface area contributed by atoms with Crippen LogP contribution in [0.3, 0.4) is 0 Å². The molecular formula is C6H12N2O2S2. The Hall–Kier alpha value is 0.220. The summed E-state index contributed by atoms with van der Waals surface area (Å²) in [5.74, 6) is 0.500. The van der Waals surface area contributed by atoms with E-state index in [0.29, 0.717) is 0 Å². The predicted molar refractivity (Wildman–Crippen MR) is 49.5 cm³/mol. The van der Waals surface area contributed by atoms with Crippen molar-refractivity contribution in [2.24, 2.45) is 5.73 Å². The largest absolute Gasteiger partial charge is 0.307 e. The monoisotopic (exact) mass is 208 g/mol. The van der Waals surface area contributed by atoms with Gasteiger partial charge in [0.15, 0.2) is 9.84 Å². The summed E-state index contributed by atoms with van der Waals surface area (Å²) < 4.78 is 22.5. The maximum absolute atomic E-state index is 11.3. The second-order valence-corrected chi connectivity index (χ2v) is 7.12. The molecule has 2 fully saturated rings. The molecule has 6 heteroatoms. The van der Waals surface area contributed by atoms with Gasteiger partial charge in [-0.2, -0.15) is 0 Å². The smallest absolute Gasteiger partial charge is 0.153 e. The van der Waals surface area contributed by atoms with Crippen LogP contribution in [-0.4, -0.2) is 36.2 Å². The predicted octanol–water partition coefficient (Wildman–Crippen LogP) is -0.879. The van der Waals surface area contributed by atoms with Gasteiger partial charge in [0.1, 0.15) is 5.50 Å². The highest BCUT2D eigenvalue weighted by Crippen LogP contribution is 2.39. The van der Waals surface area contributed by atoms with Crippen LogP contribution in [0.5, 0.6) is 0 Å². The van der Waals surface area contributed by atoms with E-state index in [0.717, 1.165) is 0 Å². The van der Waals surface area contributed by atoms with Gasteiger partial charge in [0.25, 0.3) is 0 Å². The van der Waals surface area contributed by atoms with Crippen molar-refractivity contribution in [3.63, 3.8) is 0 Å². The number of rotatable bonds is 0. The molecule has 3 atom stereocenters. The molecule has 1 unspecified atom stereocenters. The van der Waals surface area contributed by atoms with Gasteiger partial charge >= 0.3 is 0 Å². The van der Waals surface area contributed by atoms with Gasteiger partial charge in [-0.15, -0.1) is 11.8 Å². The molecular weight excluding hydrogens is 196 g/mol. The third-order valence-corrected chi connectivity index (χ3v) is 5.94. The highest BCUT2D eigenvalue weighted by Gasteiger charge is 2.52. The van der Waals surface area contributed by atoms with Gasteiger partial charge < -0.3 is 5.73 Å². The molecule has 0 spiro atoms. The maximum atomic E-state index is 11.3. The normalized spacial score (nSPS) is 50.8. The van der Waals surface area contributed by atoms with Crippen LogP contribution in [0.2, 0.25) is 0 Å². The molecule has 70 valence electrons. The summed E-state index contributed by atoms with van der Waals surface area (Å²) in [7, 11) is -2.83. The van der Waals surface area contributed by atoms with Gasteiger partial charge in [0, 0.05) is 10.8 Å². The summed E-state index contributed by atoms with van der Waals surface area (Å²) in [4.78, 5) is 0. The molecule has 2 rings (SSSR count). The van der Waals surface area contributed by atoms with Gasteiger partial charge in [0.2, 0.25) is 0 Å². The molecule has 0 amide bonds. The van der Waals surface area contributed by atoms with E-state index in [4.69, 9.17) is 5.73 Å². The van der Waals surface area contributed by atoms with Crippen molar-refractivity contribution in [1.29, 1.82) is 0 Å². The van der Waals surface area contributed by atoms with E-state index in [-0.39, 0.29) is 27.8 Å². The fourth-order valence-corrected chi connectivity index (χ4v) is 6.21. The summed E-state index contributed by atoms with van der Waals surface area (Å²) in [6.45, 7) is 1.93. The van der Waals surface area contributed by atoms with E-state index in [1.54, 1.807) is 0 Å². The summed E-state index contributed by atoms with van der Waals surface area (Å²) >= 11 is 1.52. The molecule has 2 saturated heterocycles. The standard InChI is InChI=1S/C6H12N2O2S2/c1-6-3-12(9,10)2-4(6)11-5(7)8-6/h4-5,8H,2-3,7H2,1H3/t4-,5?,6+/m0/s1. The molecule has 2 aliphatic rings. The topological polar surface area (TPSA) is 72.2 Å². The molecule has 0 radical (unpaired) electrons. The van der Waals surface area contributed by atoms with Crippen LogP contribution < -0.4 is 11.1 Å². The Balaban J connectivity index is 2.28. The lowest BCUT2D eigenvalue weighted by molar-refractivity contribution is 0.427. The molecule has 2 heterocycles. The second kappa shape index (κ2) is 2.37. The molecule has 0 aromatic rings. The number of nitrogens with one attached hydrogen (secondary N) is 1.